The lowest BCUT2D eigenvalue weighted by atomic mass is 9.92. The van der Waals surface area contributed by atoms with E-state index in [1.807, 2.05) is 67.4 Å². The van der Waals surface area contributed by atoms with Crippen LogP contribution in [0.2, 0.25) is 5.02 Å². The van der Waals surface area contributed by atoms with Crippen LogP contribution in [0.4, 0.5) is 11.6 Å². The van der Waals surface area contributed by atoms with E-state index >= 15 is 0 Å². The molecule has 1 saturated heterocycles. The number of nitrogens with zero attached hydrogens (tertiary/aromatic N) is 4. The summed E-state index contributed by atoms with van der Waals surface area (Å²) >= 11 is 6.08. The predicted octanol–water partition coefficient (Wildman–Crippen LogP) is 5.16. The number of benzene rings is 1. The Kier molecular flexibility index (Phi) is 7.00. The maximum atomic E-state index is 13.0. The number of carbonyl (C=O) groups excluding carboxylic acids is 1. The SMILES string of the molecule is Cc1cccc(Nc2cncc(C3CCN(C(=O)[C@@H](C)Cc4cccc(Cl)c4)CC3)n2)n1. The van der Waals surface area contributed by atoms with Gasteiger partial charge in [-0.05, 0) is 56.0 Å². The highest BCUT2D eigenvalue weighted by Gasteiger charge is 2.27. The van der Waals surface area contributed by atoms with Gasteiger partial charge in [0.15, 0.2) is 0 Å². The molecule has 1 aliphatic heterocycles. The highest BCUT2D eigenvalue weighted by atomic mass is 35.5. The molecule has 1 fully saturated rings. The van der Waals surface area contributed by atoms with E-state index in [1.165, 1.54) is 0 Å². The van der Waals surface area contributed by atoms with Gasteiger partial charge in [-0.3, -0.25) is 9.78 Å². The molecular formula is C25H28ClN5O. The Hall–Kier alpha value is -2.99. The van der Waals surface area contributed by atoms with Gasteiger partial charge >= 0.3 is 0 Å². The Labute approximate surface area is 194 Å². The molecule has 4 rings (SSSR count). The Morgan fingerprint density at radius 3 is 2.66 bits per heavy atom. The molecule has 3 aromatic rings. The van der Waals surface area contributed by atoms with Crippen molar-refractivity contribution in [2.45, 2.75) is 39.0 Å². The average molecular weight is 450 g/mol. The lowest BCUT2D eigenvalue weighted by Crippen LogP contribution is -2.41. The Morgan fingerprint density at radius 1 is 1.12 bits per heavy atom. The van der Waals surface area contributed by atoms with Gasteiger partial charge in [-0.25, -0.2) is 9.97 Å². The van der Waals surface area contributed by atoms with Crippen molar-refractivity contribution in [2.75, 3.05) is 18.4 Å². The van der Waals surface area contributed by atoms with Gasteiger partial charge in [0.25, 0.3) is 0 Å². The number of anilines is 2. The minimum atomic E-state index is -0.0702. The van der Waals surface area contributed by atoms with Gasteiger partial charge in [0.05, 0.1) is 11.9 Å². The van der Waals surface area contributed by atoms with E-state index in [1.54, 1.807) is 6.20 Å². The highest BCUT2D eigenvalue weighted by molar-refractivity contribution is 6.30. The Bertz CT molecular complexity index is 1080. The van der Waals surface area contributed by atoms with Crippen molar-refractivity contribution in [3.63, 3.8) is 0 Å². The Morgan fingerprint density at radius 2 is 1.91 bits per heavy atom. The number of nitrogens with one attached hydrogen (secondary N) is 1. The predicted molar refractivity (Wildman–Crippen MR) is 127 cm³/mol. The minimum Gasteiger partial charge on any atom is -0.342 e. The van der Waals surface area contributed by atoms with Crippen molar-refractivity contribution >= 4 is 29.1 Å². The minimum absolute atomic E-state index is 0.0702. The van der Waals surface area contributed by atoms with Crippen LogP contribution < -0.4 is 5.32 Å². The summed E-state index contributed by atoms with van der Waals surface area (Å²) in [5.41, 5.74) is 3.00. The number of hydrogen-bond donors (Lipinski definition) is 1. The van der Waals surface area contributed by atoms with Crippen molar-refractivity contribution in [3.8, 4) is 0 Å². The molecule has 0 saturated carbocycles. The molecule has 0 aliphatic carbocycles. The molecule has 1 N–H and O–H groups in total. The third-order valence-electron chi connectivity index (χ3n) is 5.88. The number of halogens is 1. The maximum absolute atomic E-state index is 13.0. The zero-order valence-electron chi connectivity index (χ0n) is 18.5. The molecule has 3 heterocycles. The van der Waals surface area contributed by atoms with Crippen molar-refractivity contribution in [3.05, 3.63) is 76.8 Å². The zero-order valence-corrected chi connectivity index (χ0v) is 19.2. The van der Waals surface area contributed by atoms with E-state index in [0.29, 0.717) is 23.2 Å². The Balaban J connectivity index is 1.33. The standard InChI is InChI=1S/C25H28ClN5O/c1-17(13-19-6-4-7-21(26)14-19)25(32)31-11-9-20(10-12-31)22-15-27-16-24(29-22)30-23-8-3-5-18(2)28-23/h3-8,14-17,20H,9-13H2,1-2H3,(H,28,29,30)/t17-/m0/s1. The second-order valence-electron chi connectivity index (χ2n) is 8.45. The van der Waals surface area contributed by atoms with Crippen LogP contribution in [0.5, 0.6) is 0 Å². The lowest BCUT2D eigenvalue weighted by Gasteiger charge is -2.33. The highest BCUT2D eigenvalue weighted by Crippen LogP contribution is 2.28. The monoisotopic (exact) mass is 449 g/mol. The van der Waals surface area contributed by atoms with Crippen LogP contribution >= 0.6 is 11.6 Å². The molecule has 0 unspecified atom stereocenters. The number of pyridine rings is 1. The fourth-order valence-electron chi connectivity index (χ4n) is 4.19. The number of carbonyl (C=O) groups is 1. The fourth-order valence-corrected chi connectivity index (χ4v) is 4.41. The molecule has 0 spiro atoms. The van der Waals surface area contributed by atoms with Gasteiger partial charge in [0.2, 0.25) is 5.91 Å². The largest absolute Gasteiger partial charge is 0.342 e. The van der Waals surface area contributed by atoms with Gasteiger partial charge in [0, 0.05) is 41.8 Å². The van der Waals surface area contributed by atoms with Crippen molar-refractivity contribution < 1.29 is 4.79 Å². The molecule has 0 radical (unpaired) electrons. The van der Waals surface area contributed by atoms with Crippen molar-refractivity contribution in [1.29, 1.82) is 0 Å². The number of rotatable bonds is 6. The molecular weight excluding hydrogens is 422 g/mol. The van der Waals surface area contributed by atoms with Gasteiger partial charge in [-0.1, -0.05) is 36.7 Å². The summed E-state index contributed by atoms with van der Waals surface area (Å²) in [5.74, 6) is 1.87. The van der Waals surface area contributed by atoms with Crippen molar-refractivity contribution in [1.82, 2.24) is 19.9 Å². The molecule has 166 valence electrons. The topological polar surface area (TPSA) is 71.0 Å². The number of aromatic nitrogens is 3. The number of amides is 1. The summed E-state index contributed by atoms with van der Waals surface area (Å²) in [5, 5.41) is 3.94. The van der Waals surface area contributed by atoms with Crippen molar-refractivity contribution in [2.24, 2.45) is 5.92 Å². The molecule has 2 aromatic heterocycles. The molecule has 1 amide bonds. The second kappa shape index (κ2) is 10.1. The normalized spacial score (nSPS) is 15.4. The third-order valence-corrected chi connectivity index (χ3v) is 6.11. The number of hydrogen-bond acceptors (Lipinski definition) is 5. The van der Waals surface area contributed by atoms with Crippen LogP contribution in [0, 0.1) is 12.8 Å². The number of piperidine rings is 1. The number of likely N-dealkylation sites (tertiary alicyclic amines) is 1. The van der Waals surface area contributed by atoms with Gasteiger partial charge < -0.3 is 10.2 Å². The first-order valence-corrected chi connectivity index (χ1v) is 11.4. The molecule has 1 aromatic carbocycles. The van der Waals surface area contributed by atoms with Gasteiger partial charge in [0.1, 0.15) is 11.6 Å². The smallest absolute Gasteiger partial charge is 0.225 e. The quantitative estimate of drug-likeness (QED) is 0.562. The van der Waals surface area contributed by atoms with Crippen LogP contribution in [0.1, 0.15) is 42.6 Å². The molecule has 6 nitrogen and oxygen atoms in total. The summed E-state index contributed by atoms with van der Waals surface area (Å²) in [7, 11) is 0. The third kappa shape index (κ3) is 5.62. The molecule has 1 atom stereocenters. The fraction of sp³-hybridized carbons (Fsp3) is 0.360. The molecule has 7 heteroatoms. The van der Waals surface area contributed by atoms with Gasteiger partial charge in [-0.2, -0.15) is 0 Å². The first-order chi connectivity index (χ1) is 15.5. The van der Waals surface area contributed by atoms with E-state index in [-0.39, 0.29) is 11.8 Å². The van der Waals surface area contributed by atoms with Crippen LogP contribution in [-0.2, 0) is 11.2 Å². The lowest BCUT2D eigenvalue weighted by molar-refractivity contribution is -0.136. The summed E-state index contributed by atoms with van der Waals surface area (Å²) in [6, 6.07) is 13.6. The number of aryl methyl sites for hydroxylation is 1. The van der Waals surface area contributed by atoms with Crippen LogP contribution in [-0.4, -0.2) is 38.8 Å². The van der Waals surface area contributed by atoms with Crippen LogP contribution in [0.3, 0.4) is 0 Å². The van der Waals surface area contributed by atoms with Crippen LogP contribution in [0.25, 0.3) is 0 Å². The first kappa shape index (κ1) is 22.2. The second-order valence-corrected chi connectivity index (χ2v) is 8.89. The van der Waals surface area contributed by atoms with E-state index in [4.69, 9.17) is 16.6 Å². The summed E-state index contributed by atoms with van der Waals surface area (Å²) < 4.78 is 0. The molecule has 1 aliphatic rings. The molecule has 0 bridgehead atoms. The van der Waals surface area contributed by atoms with E-state index < -0.39 is 0 Å². The van der Waals surface area contributed by atoms with Gasteiger partial charge in [-0.15, -0.1) is 0 Å². The summed E-state index contributed by atoms with van der Waals surface area (Å²) in [4.78, 5) is 28.5. The molecule has 32 heavy (non-hydrogen) atoms. The summed E-state index contributed by atoms with van der Waals surface area (Å²) in [6.45, 7) is 5.43. The zero-order chi connectivity index (χ0) is 22.5. The average Bonchev–Trinajstić information content (AvgIpc) is 2.79. The van der Waals surface area contributed by atoms with Crippen LogP contribution in [0.15, 0.2) is 54.9 Å². The first-order valence-electron chi connectivity index (χ1n) is 11.0. The summed E-state index contributed by atoms with van der Waals surface area (Å²) in [6.07, 6.45) is 6.01. The van der Waals surface area contributed by atoms with E-state index in [2.05, 4.69) is 15.3 Å². The maximum Gasteiger partial charge on any atom is 0.225 e. The van der Waals surface area contributed by atoms with E-state index in [9.17, 15) is 4.79 Å². The van der Waals surface area contributed by atoms with E-state index in [0.717, 1.165) is 48.7 Å².